The molecular weight excluding hydrogens is 468 g/mol. The van der Waals surface area contributed by atoms with Gasteiger partial charge in [0.05, 0.1) is 40.7 Å². The van der Waals surface area contributed by atoms with Crippen molar-refractivity contribution in [2.45, 2.75) is 45.6 Å². The van der Waals surface area contributed by atoms with Gasteiger partial charge >= 0.3 is 0 Å². The number of aryl methyl sites for hydroxylation is 2. The first-order valence-corrected chi connectivity index (χ1v) is 12.5. The predicted octanol–water partition coefficient (Wildman–Crippen LogP) is 4.12. The van der Waals surface area contributed by atoms with Crippen molar-refractivity contribution >= 4 is 34.2 Å². The van der Waals surface area contributed by atoms with Crippen LogP contribution in [0.5, 0.6) is 0 Å². The number of carbonyl (C=O) groups excluding carboxylic acids is 2. The highest BCUT2D eigenvalue weighted by Crippen LogP contribution is 2.28. The molecule has 1 saturated heterocycles. The number of nitrogens with zero attached hydrogens (tertiary/aromatic N) is 5. The van der Waals surface area contributed by atoms with Gasteiger partial charge in [-0.05, 0) is 58.4 Å². The molecule has 0 aromatic carbocycles. The van der Waals surface area contributed by atoms with Gasteiger partial charge in [0.15, 0.2) is 0 Å². The van der Waals surface area contributed by atoms with Gasteiger partial charge in [0, 0.05) is 48.9 Å². The van der Waals surface area contributed by atoms with Gasteiger partial charge < -0.3 is 15.6 Å². The smallest absolute Gasteiger partial charge is 0.257 e. The minimum Gasteiger partial charge on any atom is -0.339 e. The number of fused-ring (bicyclic) bond motifs is 1. The van der Waals surface area contributed by atoms with E-state index >= 15 is 0 Å². The van der Waals surface area contributed by atoms with Gasteiger partial charge in [0.1, 0.15) is 5.65 Å². The molecule has 1 aliphatic heterocycles. The van der Waals surface area contributed by atoms with Crippen molar-refractivity contribution in [2.24, 2.45) is 7.05 Å². The number of hydrogen-bond donors (Lipinski definition) is 3. The first-order chi connectivity index (χ1) is 17.7. The molecular formula is C27H32N8O2. The number of nitrogens with one attached hydrogen (secondary N) is 3. The van der Waals surface area contributed by atoms with Crippen LogP contribution in [0.2, 0.25) is 0 Å². The van der Waals surface area contributed by atoms with Crippen LogP contribution in [0.4, 0.5) is 11.4 Å². The monoisotopic (exact) mass is 500 g/mol. The Balaban J connectivity index is 1.25. The Morgan fingerprint density at radius 2 is 1.95 bits per heavy atom. The second kappa shape index (κ2) is 9.78. The van der Waals surface area contributed by atoms with E-state index in [1.165, 1.54) is 6.20 Å². The fraction of sp³-hybridized carbons (Fsp3) is 0.370. The summed E-state index contributed by atoms with van der Waals surface area (Å²) in [5, 5.41) is 10.8. The number of pyridine rings is 2. The Hall–Kier alpha value is -4.05. The number of likely N-dealkylation sites (tertiary alicyclic amines) is 1. The van der Waals surface area contributed by atoms with Crippen LogP contribution in [0.15, 0.2) is 43.0 Å². The predicted molar refractivity (Wildman–Crippen MR) is 143 cm³/mol. The van der Waals surface area contributed by atoms with E-state index in [2.05, 4.69) is 49.4 Å². The largest absolute Gasteiger partial charge is 0.339 e. The maximum Gasteiger partial charge on any atom is 0.257 e. The SMILES string of the molecule is Cc1ncc(NC(=O)CCN2CCCC2(C)C)cc1NC(=O)c1cnc2[nH]c(-c3cnn(C)c3)cc2c1. The van der Waals surface area contributed by atoms with Crippen molar-refractivity contribution < 1.29 is 9.59 Å². The van der Waals surface area contributed by atoms with E-state index < -0.39 is 0 Å². The fourth-order valence-corrected chi connectivity index (χ4v) is 4.82. The second-order valence-corrected chi connectivity index (χ2v) is 10.3. The number of H-pyrrole nitrogens is 1. The van der Waals surface area contributed by atoms with Crippen molar-refractivity contribution in [3.8, 4) is 11.3 Å². The van der Waals surface area contributed by atoms with Gasteiger partial charge in [-0.3, -0.25) is 24.2 Å². The molecule has 192 valence electrons. The molecule has 10 heteroatoms. The molecule has 1 aliphatic rings. The molecule has 0 bridgehead atoms. The van der Waals surface area contributed by atoms with Gasteiger partial charge in [-0.25, -0.2) is 4.98 Å². The Morgan fingerprint density at radius 3 is 2.68 bits per heavy atom. The van der Waals surface area contributed by atoms with Crippen LogP contribution in [-0.4, -0.2) is 60.1 Å². The number of aromatic nitrogens is 5. The zero-order valence-corrected chi connectivity index (χ0v) is 21.6. The summed E-state index contributed by atoms with van der Waals surface area (Å²) in [4.78, 5) is 40.0. The number of aromatic amines is 1. The van der Waals surface area contributed by atoms with E-state index in [0.29, 0.717) is 34.7 Å². The van der Waals surface area contributed by atoms with Crippen LogP contribution in [0.1, 0.15) is 49.2 Å². The van der Waals surface area contributed by atoms with Gasteiger partial charge in [-0.2, -0.15) is 5.10 Å². The molecule has 1 fully saturated rings. The van der Waals surface area contributed by atoms with Gasteiger partial charge in [0.25, 0.3) is 5.91 Å². The lowest BCUT2D eigenvalue weighted by Gasteiger charge is -2.31. The summed E-state index contributed by atoms with van der Waals surface area (Å²) in [5.74, 6) is -0.375. The lowest BCUT2D eigenvalue weighted by Crippen LogP contribution is -2.39. The fourth-order valence-electron chi connectivity index (χ4n) is 4.82. The van der Waals surface area contributed by atoms with Crippen LogP contribution in [0.25, 0.3) is 22.3 Å². The van der Waals surface area contributed by atoms with Gasteiger partial charge in [-0.1, -0.05) is 0 Å². The van der Waals surface area contributed by atoms with E-state index in [1.807, 2.05) is 26.2 Å². The van der Waals surface area contributed by atoms with Crippen molar-refractivity contribution in [1.82, 2.24) is 29.6 Å². The maximum absolute atomic E-state index is 13.0. The third kappa shape index (κ3) is 5.39. The molecule has 0 spiro atoms. The van der Waals surface area contributed by atoms with Crippen molar-refractivity contribution in [3.63, 3.8) is 0 Å². The van der Waals surface area contributed by atoms with Crippen LogP contribution >= 0.6 is 0 Å². The normalized spacial score (nSPS) is 15.2. The molecule has 5 heterocycles. The number of hydrogen-bond acceptors (Lipinski definition) is 6. The topological polar surface area (TPSA) is 121 Å². The number of amides is 2. The van der Waals surface area contributed by atoms with E-state index in [-0.39, 0.29) is 17.4 Å². The first-order valence-electron chi connectivity index (χ1n) is 12.5. The Morgan fingerprint density at radius 1 is 1.11 bits per heavy atom. The number of carbonyl (C=O) groups is 2. The van der Waals surface area contributed by atoms with Crippen LogP contribution in [-0.2, 0) is 11.8 Å². The summed E-state index contributed by atoms with van der Waals surface area (Å²) >= 11 is 0. The highest BCUT2D eigenvalue weighted by Gasteiger charge is 2.31. The average molecular weight is 501 g/mol. The molecule has 0 atom stereocenters. The number of anilines is 2. The lowest BCUT2D eigenvalue weighted by molar-refractivity contribution is -0.116. The third-order valence-corrected chi connectivity index (χ3v) is 7.05. The molecule has 0 aliphatic carbocycles. The van der Waals surface area contributed by atoms with Crippen molar-refractivity contribution in [3.05, 3.63) is 54.2 Å². The lowest BCUT2D eigenvalue weighted by atomic mass is 10.0. The average Bonchev–Trinajstić information content (AvgIpc) is 3.56. The molecule has 2 amide bonds. The van der Waals surface area contributed by atoms with Crippen LogP contribution in [0, 0.1) is 6.92 Å². The van der Waals surface area contributed by atoms with E-state index in [0.717, 1.165) is 42.6 Å². The van der Waals surface area contributed by atoms with E-state index in [4.69, 9.17) is 0 Å². The highest BCUT2D eigenvalue weighted by atomic mass is 16.2. The minimum absolute atomic E-state index is 0.0721. The van der Waals surface area contributed by atoms with Crippen molar-refractivity contribution in [2.75, 3.05) is 23.7 Å². The summed E-state index contributed by atoms with van der Waals surface area (Å²) in [6, 6.07) is 5.48. The first kappa shape index (κ1) is 24.6. The standard InChI is InChI=1S/C27H32N8O2/c1-17-22(12-21(15-28-17)31-24(36)6-9-35-8-5-7-27(35,2)3)33-26(37)19-10-18-11-23(32-25(18)29-13-19)20-14-30-34(4)16-20/h10-16H,5-9H2,1-4H3,(H,29,32)(H,31,36)(H,33,37). The van der Waals surface area contributed by atoms with Crippen LogP contribution < -0.4 is 10.6 Å². The van der Waals surface area contributed by atoms with Crippen molar-refractivity contribution in [1.29, 1.82) is 0 Å². The molecule has 0 radical (unpaired) electrons. The molecule has 10 nitrogen and oxygen atoms in total. The zero-order chi connectivity index (χ0) is 26.2. The number of rotatable bonds is 7. The summed E-state index contributed by atoms with van der Waals surface area (Å²) in [6.07, 6.45) is 9.55. The van der Waals surface area contributed by atoms with Gasteiger partial charge in [-0.15, -0.1) is 0 Å². The summed E-state index contributed by atoms with van der Waals surface area (Å²) < 4.78 is 1.73. The van der Waals surface area contributed by atoms with E-state index in [1.54, 1.807) is 29.2 Å². The maximum atomic E-state index is 13.0. The summed E-state index contributed by atoms with van der Waals surface area (Å²) in [7, 11) is 1.86. The quantitative estimate of drug-likeness (QED) is 0.351. The zero-order valence-electron chi connectivity index (χ0n) is 21.6. The Kier molecular flexibility index (Phi) is 6.51. The van der Waals surface area contributed by atoms with E-state index in [9.17, 15) is 9.59 Å². The molecule has 37 heavy (non-hydrogen) atoms. The third-order valence-electron chi connectivity index (χ3n) is 7.05. The summed E-state index contributed by atoms with van der Waals surface area (Å²) in [5.41, 5.74) is 4.81. The molecule has 5 rings (SSSR count). The molecule has 3 N–H and O–H groups in total. The van der Waals surface area contributed by atoms with Gasteiger partial charge in [0.2, 0.25) is 5.91 Å². The minimum atomic E-state index is -0.303. The van der Waals surface area contributed by atoms with Crippen LogP contribution in [0.3, 0.4) is 0 Å². The second-order valence-electron chi connectivity index (χ2n) is 10.3. The molecule has 0 unspecified atom stereocenters. The Labute approximate surface area is 215 Å². The highest BCUT2D eigenvalue weighted by molar-refractivity contribution is 6.06. The Bertz CT molecular complexity index is 1470. The summed E-state index contributed by atoms with van der Waals surface area (Å²) in [6.45, 7) is 8.00. The molecule has 0 saturated carbocycles. The molecule has 4 aromatic rings. The molecule has 4 aromatic heterocycles.